The summed E-state index contributed by atoms with van der Waals surface area (Å²) in [7, 11) is 3.30. The van der Waals surface area contributed by atoms with E-state index in [1.807, 2.05) is 0 Å². The molecule has 0 aliphatic rings. The molecule has 0 aliphatic carbocycles. The van der Waals surface area contributed by atoms with Gasteiger partial charge in [0.1, 0.15) is 6.10 Å². The monoisotopic (exact) mass is 194 g/mol. The summed E-state index contributed by atoms with van der Waals surface area (Å²) in [5.41, 5.74) is 1.28. The van der Waals surface area contributed by atoms with Crippen LogP contribution in [0.2, 0.25) is 0 Å². The zero-order valence-corrected chi connectivity index (χ0v) is 8.32. The van der Waals surface area contributed by atoms with Gasteiger partial charge < -0.3 is 15.2 Å². The standard InChI is InChI=1S/C10H14N2O2/c1-4-8(13)10-7(11-2)5-6-9(12-10)14-3/h4-6,8,11,13H,1H2,2-3H3. The molecule has 76 valence electrons. The number of methoxy groups -OCH3 is 1. The lowest BCUT2D eigenvalue weighted by molar-refractivity contribution is 0.223. The molecule has 14 heavy (non-hydrogen) atoms. The lowest BCUT2D eigenvalue weighted by Gasteiger charge is -2.12. The fourth-order valence-corrected chi connectivity index (χ4v) is 1.12. The van der Waals surface area contributed by atoms with E-state index >= 15 is 0 Å². The molecule has 0 saturated heterocycles. The zero-order valence-electron chi connectivity index (χ0n) is 8.32. The molecule has 2 N–H and O–H groups in total. The molecule has 1 aromatic rings. The molecular weight excluding hydrogens is 180 g/mol. The largest absolute Gasteiger partial charge is 0.481 e. The van der Waals surface area contributed by atoms with Gasteiger partial charge in [0.15, 0.2) is 0 Å². The fourth-order valence-electron chi connectivity index (χ4n) is 1.12. The van der Waals surface area contributed by atoms with Crippen LogP contribution in [0.3, 0.4) is 0 Å². The van der Waals surface area contributed by atoms with Gasteiger partial charge in [0.05, 0.1) is 18.5 Å². The van der Waals surface area contributed by atoms with E-state index in [1.165, 1.54) is 13.2 Å². The van der Waals surface area contributed by atoms with Gasteiger partial charge in [0.2, 0.25) is 5.88 Å². The maximum Gasteiger partial charge on any atom is 0.213 e. The quantitative estimate of drug-likeness (QED) is 0.710. The summed E-state index contributed by atoms with van der Waals surface area (Å²) in [6.45, 7) is 3.51. The number of pyridine rings is 1. The number of hydrogen-bond donors (Lipinski definition) is 2. The Balaban J connectivity index is 3.14. The number of rotatable bonds is 4. The highest BCUT2D eigenvalue weighted by Gasteiger charge is 2.11. The van der Waals surface area contributed by atoms with Crippen LogP contribution >= 0.6 is 0 Å². The minimum absolute atomic E-state index is 0.472. The summed E-state index contributed by atoms with van der Waals surface area (Å²) in [4.78, 5) is 4.13. The topological polar surface area (TPSA) is 54.4 Å². The van der Waals surface area contributed by atoms with Crippen molar-refractivity contribution < 1.29 is 9.84 Å². The number of ether oxygens (including phenoxy) is 1. The molecule has 1 aromatic heterocycles. The average Bonchev–Trinajstić information content (AvgIpc) is 2.27. The van der Waals surface area contributed by atoms with Gasteiger partial charge in [-0.1, -0.05) is 6.08 Å². The average molecular weight is 194 g/mol. The van der Waals surface area contributed by atoms with E-state index in [4.69, 9.17) is 4.74 Å². The molecule has 0 aliphatic heterocycles. The maximum absolute atomic E-state index is 9.59. The van der Waals surface area contributed by atoms with Gasteiger partial charge in [-0.25, -0.2) is 4.98 Å². The summed E-state index contributed by atoms with van der Waals surface area (Å²) in [6.07, 6.45) is 0.635. The van der Waals surface area contributed by atoms with E-state index < -0.39 is 6.10 Å². The third kappa shape index (κ3) is 2.03. The number of nitrogens with zero attached hydrogens (tertiary/aromatic N) is 1. The third-order valence-electron chi connectivity index (χ3n) is 1.88. The minimum atomic E-state index is -0.785. The van der Waals surface area contributed by atoms with Gasteiger partial charge in [-0.15, -0.1) is 6.58 Å². The molecule has 4 nitrogen and oxygen atoms in total. The van der Waals surface area contributed by atoms with Gasteiger partial charge in [-0.3, -0.25) is 0 Å². The summed E-state index contributed by atoms with van der Waals surface area (Å²) in [5, 5.41) is 12.5. The van der Waals surface area contributed by atoms with Crippen LogP contribution in [0, 0.1) is 0 Å². The summed E-state index contributed by atoms with van der Waals surface area (Å²) >= 11 is 0. The van der Waals surface area contributed by atoms with Gasteiger partial charge in [-0.2, -0.15) is 0 Å². The van der Waals surface area contributed by atoms with Crippen LogP contribution in [0.1, 0.15) is 11.8 Å². The highest BCUT2D eigenvalue weighted by Crippen LogP contribution is 2.23. The Hall–Kier alpha value is -1.55. The molecule has 1 atom stereocenters. The number of aliphatic hydroxyl groups excluding tert-OH is 1. The van der Waals surface area contributed by atoms with Crippen LogP contribution in [0.5, 0.6) is 5.88 Å². The van der Waals surface area contributed by atoms with Gasteiger partial charge >= 0.3 is 0 Å². The lowest BCUT2D eigenvalue weighted by atomic mass is 10.2. The number of aromatic nitrogens is 1. The Morgan fingerprint density at radius 3 is 2.86 bits per heavy atom. The van der Waals surface area contributed by atoms with Crippen LogP contribution in [-0.2, 0) is 0 Å². The molecule has 0 bridgehead atoms. The molecule has 0 fully saturated rings. The molecule has 0 saturated carbocycles. The van der Waals surface area contributed by atoms with Gasteiger partial charge in [-0.05, 0) is 6.07 Å². The number of aliphatic hydroxyl groups is 1. The van der Waals surface area contributed by atoms with Crippen molar-refractivity contribution in [3.63, 3.8) is 0 Å². The Labute approximate surface area is 83.2 Å². The van der Waals surface area contributed by atoms with Crippen LogP contribution in [-0.4, -0.2) is 24.2 Å². The molecule has 0 radical (unpaired) electrons. The van der Waals surface area contributed by atoms with E-state index in [9.17, 15) is 5.11 Å². The van der Waals surface area contributed by atoms with Crippen molar-refractivity contribution in [2.45, 2.75) is 6.10 Å². The van der Waals surface area contributed by atoms with E-state index in [-0.39, 0.29) is 0 Å². The summed E-state index contributed by atoms with van der Waals surface area (Å²) < 4.78 is 4.96. The van der Waals surface area contributed by atoms with Crippen molar-refractivity contribution >= 4 is 5.69 Å². The zero-order chi connectivity index (χ0) is 10.6. The van der Waals surface area contributed by atoms with Crippen molar-refractivity contribution in [1.82, 2.24) is 4.98 Å². The smallest absolute Gasteiger partial charge is 0.213 e. The molecular formula is C10H14N2O2. The second kappa shape index (κ2) is 4.62. The summed E-state index contributed by atoms with van der Waals surface area (Å²) in [6, 6.07) is 3.53. The van der Waals surface area contributed by atoms with Crippen LogP contribution < -0.4 is 10.1 Å². The highest BCUT2D eigenvalue weighted by molar-refractivity contribution is 5.50. The molecule has 0 aromatic carbocycles. The predicted octanol–water partition coefficient (Wildman–Crippen LogP) is 1.35. The van der Waals surface area contributed by atoms with Gasteiger partial charge in [0.25, 0.3) is 0 Å². The van der Waals surface area contributed by atoms with Crippen LogP contribution in [0.4, 0.5) is 5.69 Å². The number of anilines is 1. The van der Waals surface area contributed by atoms with Crippen molar-refractivity contribution in [1.29, 1.82) is 0 Å². The second-order valence-electron chi connectivity index (χ2n) is 2.72. The molecule has 1 unspecified atom stereocenters. The number of nitrogens with one attached hydrogen (secondary N) is 1. The number of hydrogen-bond acceptors (Lipinski definition) is 4. The Kier molecular flexibility index (Phi) is 3.48. The van der Waals surface area contributed by atoms with Crippen LogP contribution in [0.15, 0.2) is 24.8 Å². The van der Waals surface area contributed by atoms with E-state index in [0.29, 0.717) is 11.6 Å². The third-order valence-corrected chi connectivity index (χ3v) is 1.88. The van der Waals surface area contributed by atoms with E-state index in [0.717, 1.165) is 5.69 Å². The van der Waals surface area contributed by atoms with Crippen molar-refractivity contribution in [3.8, 4) is 5.88 Å². The Morgan fingerprint density at radius 2 is 2.36 bits per heavy atom. The van der Waals surface area contributed by atoms with Gasteiger partial charge in [0, 0.05) is 13.1 Å². The lowest BCUT2D eigenvalue weighted by Crippen LogP contribution is -2.04. The van der Waals surface area contributed by atoms with Crippen molar-refractivity contribution in [2.75, 3.05) is 19.5 Å². The van der Waals surface area contributed by atoms with Crippen molar-refractivity contribution in [2.24, 2.45) is 0 Å². The Morgan fingerprint density at radius 1 is 1.64 bits per heavy atom. The second-order valence-corrected chi connectivity index (χ2v) is 2.72. The fraction of sp³-hybridized carbons (Fsp3) is 0.300. The molecule has 0 spiro atoms. The van der Waals surface area contributed by atoms with E-state index in [2.05, 4.69) is 16.9 Å². The minimum Gasteiger partial charge on any atom is -0.481 e. The first-order chi connectivity index (χ1) is 6.72. The Bertz CT molecular complexity index is 326. The highest BCUT2D eigenvalue weighted by atomic mass is 16.5. The first-order valence-electron chi connectivity index (χ1n) is 4.26. The normalized spacial score (nSPS) is 11.9. The molecule has 4 heteroatoms. The molecule has 0 amide bonds. The first-order valence-corrected chi connectivity index (χ1v) is 4.26. The molecule has 1 rings (SSSR count). The van der Waals surface area contributed by atoms with Crippen molar-refractivity contribution in [3.05, 3.63) is 30.5 Å². The summed E-state index contributed by atoms with van der Waals surface area (Å²) in [5.74, 6) is 0.472. The van der Waals surface area contributed by atoms with E-state index in [1.54, 1.807) is 19.2 Å². The molecule has 1 heterocycles. The predicted molar refractivity (Wildman–Crippen MR) is 55.5 cm³/mol. The van der Waals surface area contributed by atoms with Crippen LogP contribution in [0.25, 0.3) is 0 Å². The first kappa shape index (κ1) is 10.5. The maximum atomic E-state index is 9.59. The SMILES string of the molecule is C=CC(O)c1nc(OC)ccc1NC.